The molecular formula is C19H27FIN5. The number of benzene rings is 1. The highest BCUT2D eigenvalue weighted by atomic mass is 127. The fourth-order valence-corrected chi connectivity index (χ4v) is 2.45. The van der Waals surface area contributed by atoms with Crippen molar-refractivity contribution < 1.29 is 4.39 Å². The molecule has 7 heteroatoms. The third kappa shape index (κ3) is 6.78. The molecule has 0 fully saturated rings. The van der Waals surface area contributed by atoms with Crippen molar-refractivity contribution in [3.63, 3.8) is 0 Å². The monoisotopic (exact) mass is 471 g/mol. The zero-order chi connectivity index (χ0) is 18.1. The molecule has 2 N–H and O–H groups in total. The first-order chi connectivity index (χ1) is 12.2. The molecule has 0 saturated heterocycles. The molecule has 142 valence electrons. The highest BCUT2D eigenvalue weighted by Gasteiger charge is 2.04. The minimum absolute atomic E-state index is 0. The summed E-state index contributed by atoms with van der Waals surface area (Å²) in [6, 6.07) is 10.5. The fraction of sp³-hybridized carbons (Fsp3) is 0.368. The highest BCUT2D eigenvalue weighted by Crippen LogP contribution is 2.10. The number of halogens is 2. The SMILES string of the molecule is CCN(CC)c1ccc(CNC(=NC)NCc2ccc(F)cc2)cn1.I. The van der Waals surface area contributed by atoms with Gasteiger partial charge < -0.3 is 15.5 Å². The lowest BCUT2D eigenvalue weighted by atomic mass is 10.2. The Labute approximate surface area is 172 Å². The van der Waals surface area contributed by atoms with E-state index in [-0.39, 0.29) is 29.8 Å². The molecule has 26 heavy (non-hydrogen) atoms. The summed E-state index contributed by atoms with van der Waals surface area (Å²) in [4.78, 5) is 10.9. The second kappa shape index (κ2) is 11.7. The number of aliphatic imine (C=N–C) groups is 1. The molecule has 1 aromatic carbocycles. The maximum absolute atomic E-state index is 12.9. The third-order valence-electron chi connectivity index (χ3n) is 3.95. The van der Waals surface area contributed by atoms with Crippen LogP contribution in [0.1, 0.15) is 25.0 Å². The zero-order valence-corrected chi connectivity index (χ0v) is 17.8. The van der Waals surface area contributed by atoms with Gasteiger partial charge in [0.25, 0.3) is 0 Å². The van der Waals surface area contributed by atoms with Gasteiger partial charge in [-0.2, -0.15) is 0 Å². The van der Waals surface area contributed by atoms with Crippen LogP contribution < -0.4 is 15.5 Å². The lowest BCUT2D eigenvalue weighted by molar-refractivity contribution is 0.626. The summed E-state index contributed by atoms with van der Waals surface area (Å²) in [5, 5.41) is 6.47. The summed E-state index contributed by atoms with van der Waals surface area (Å²) in [6.45, 7) is 7.35. The molecule has 0 aliphatic carbocycles. The van der Waals surface area contributed by atoms with E-state index in [1.165, 1.54) is 12.1 Å². The summed E-state index contributed by atoms with van der Waals surface area (Å²) in [6.07, 6.45) is 1.88. The molecule has 2 rings (SSSR count). The van der Waals surface area contributed by atoms with E-state index < -0.39 is 0 Å². The number of guanidine groups is 1. The maximum Gasteiger partial charge on any atom is 0.191 e. The predicted octanol–water partition coefficient (Wildman–Crippen LogP) is 3.55. The van der Waals surface area contributed by atoms with Crippen molar-refractivity contribution in [1.29, 1.82) is 0 Å². The number of hydrogen-bond acceptors (Lipinski definition) is 3. The van der Waals surface area contributed by atoms with Crippen molar-refractivity contribution in [2.75, 3.05) is 25.0 Å². The van der Waals surface area contributed by atoms with Crippen molar-refractivity contribution in [2.24, 2.45) is 4.99 Å². The van der Waals surface area contributed by atoms with Gasteiger partial charge in [0.05, 0.1) is 0 Å². The van der Waals surface area contributed by atoms with Crippen molar-refractivity contribution in [1.82, 2.24) is 15.6 Å². The van der Waals surface area contributed by atoms with E-state index >= 15 is 0 Å². The van der Waals surface area contributed by atoms with Crippen molar-refractivity contribution in [3.05, 3.63) is 59.5 Å². The van der Waals surface area contributed by atoms with E-state index in [1.807, 2.05) is 12.3 Å². The van der Waals surface area contributed by atoms with Crippen LogP contribution in [0.3, 0.4) is 0 Å². The van der Waals surface area contributed by atoms with Crippen LogP contribution >= 0.6 is 24.0 Å². The average molecular weight is 471 g/mol. The Morgan fingerprint density at radius 1 is 1.00 bits per heavy atom. The van der Waals surface area contributed by atoms with Gasteiger partial charge in [-0.1, -0.05) is 18.2 Å². The molecule has 1 heterocycles. The molecule has 0 amide bonds. The fourth-order valence-electron chi connectivity index (χ4n) is 2.45. The Bertz CT molecular complexity index is 669. The maximum atomic E-state index is 12.9. The van der Waals surface area contributed by atoms with E-state index in [0.717, 1.165) is 30.0 Å². The Morgan fingerprint density at radius 3 is 2.08 bits per heavy atom. The molecule has 0 saturated carbocycles. The van der Waals surface area contributed by atoms with Crippen LogP contribution in [0.25, 0.3) is 0 Å². The van der Waals surface area contributed by atoms with E-state index in [9.17, 15) is 4.39 Å². The van der Waals surface area contributed by atoms with Crippen LogP contribution in [-0.4, -0.2) is 31.1 Å². The number of rotatable bonds is 7. The van der Waals surface area contributed by atoms with E-state index in [2.05, 4.69) is 45.4 Å². The van der Waals surface area contributed by atoms with Gasteiger partial charge in [-0.05, 0) is 43.2 Å². The van der Waals surface area contributed by atoms with Crippen LogP contribution in [-0.2, 0) is 13.1 Å². The standard InChI is InChI=1S/C19H26FN5.HI/c1-4-25(5-2)18-11-8-16(13-22-18)14-24-19(21-3)23-12-15-6-9-17(20)10-7-15;/h6-11,13H,4-5,12,14H2,1-3H3,(H2,21,23,24);1H. The molecule has 0 spiro atoms. The molecule has 0 bridgehead atoms. The normalized spacial score (nSPS) is 10.8. The summed E-state index contributed by atoms with van der Waals surface area (Å²) in [7, 11) is 1.72. The number of nitrogens with one attached hydrogen (secondary N) is 2. The van der Waals surface area contributed by atoms with Crippen molar-refractivity contribution >= 4 is 35.8 Å². The second-order valence-electron chi connectivity index (χ2n) is 5.60. The van der Waals surface area contributed by atoms with E-state index in [0.29, 0.717) is 19.0 Å². The lowest BCUT2D eigenvalue weighted by Crippen LogP contribution is -2.36. The van der Waals surface area contributed by atoms with Crippen LogP contribution in [0.15, 0.2) is 47.6 Å². The first kappa shape index (κ1) is 22.1. The summed E-state index contributed by atoms with van der Waals surface area (Å²) >= 11 is 0. The largest absolute Gasteiger partial charge is 0.357 e. The quantitative estimate of drug-likeness (QED) is 0.369. The van der Waals surface area contributed by atoms with Gasteiger partial charge in [0.15, 0.2) is 5.96 Å². The second-order valence-corrected chi connectivity index (χ2v) is 5.60. The first-order valence-electron chi connectivity index (χ1n) is 8.55. The lowest BCUT2D eigenvalue weighted by Gasteiger charge is -2.19. The van der Waals surface area contributed by atoms with Gasteiger partial charge in [-0.15, -0.1) is 24.0 Å². The Balaban J connectivity index is 0.00000338. The Morgan fingerprint density at radius 2 is 1.58 bits per heavy atom. The van der Waals surface area contributed by atoms with E-state index in [1.54, 1.807) is 19.2 Å². The van der Waals surface area contributed by atoms with Crippen LogP contribution in [0.4, 0.5) is 10.2 Å². The summed E-state index contributed by atoms with van der Waals surface area (Å²) in [5.41, 5.74) is 2.08. The highest BCUT2D eigenvalue weighted by molar-refractivity contribution is 14.0. The zero-order valence-electron chi connectivity index (χ0n) is 15.5. The van der Waals surface area contributed by atoms with Gasteiger partial charge in [0.1, 0.15) is 11.6 Å². The molecule has 0 atom stereocenters. The van der Waals surface area contributed by atoms with E-state index in [4.69, 9.17) is 0 Å². The number of aromatic nitrogens is 1. The van der Waals surface area contributed by atoms with Gasteiger partial charge >= 0.3 is 0 Å². The van der Waals surface area contributed by atoms with Crippen LogP contribution in [0.5, 0.6) is 0 Å². The van der Waals surface area contributed by atoms with Gasteiger partial charge in [-0.25, -0.2) is 9.37 Å². The Hall–Kier alpha value is -1.90. The summed E-state index contributed by atoms with van der Waals surface area (Å²) in [5.74, 6) is 1.46. The third-order valence-corrected chi connectivity index (χ3v) is 3.95. The molecule has 2 aromatic rings. The number of hydrogen-bond donors (Lipinski definition) is 2. The number of pyridine rings is 1. The van der Waals surface area contributed by atoms with Crippen LogP contribution in [0.2, 0.25) is 0 Å². The topological polar surface area (TPSA) is 52.5 Å². The van der Waals surface area contributed by atoms with Gasteiger partial charge in [0, 0.05) is 39.4 Å². The minimum atomic E-state index is -0.230. The van der Waals surface area contributed by atoms with Gasteiger partial charge in [-0.3, -0.25) is 4.99 Å². The molecular weight excluding hydrogens is 444 g/mol. The first-order valence-corrected chi connectivity index (χ1v) is 8.55. The van der Waals surface area contributed by atoms with Gasteiger partial charge in [0.2, 0.25) is 0 Å². The molecule has 0 aliphatic heterocycles. The van der Waals surface area contributed by atoms with Crippen molar-refractivity contribution in [2.45, 2.75) is 26.9 Å². The Kier molecular flexibility index (Phi) is 9.93. The molecule has 5 nitrogen and oxygen atoms in total. The summed E-state index contributed by atoms with van der Waals surface area (Å²) < 4.78 is 12.9. The molecule has 0 aliphatic rings. The molecule has 0 radical (unpaired) electrons. The minimum Gasteiger partial charge on any atom is -0.357 e. The van der Waals surface area contributed by atoms with Crippen molar-refractivity contribution in [3.8, 4) is 0 Å². The smallest absolute Gasteiger partial charge is 0.191 e. The predicted molar refractivity (Wildman–Crippen MR) is 117 cm³/mol. The van der Waals surface area contributed by atoms with Crippen LogP contribution in [0, 0.1) is 5.82 Å². The number of nitrogens with zero attached hydrogens (tertiary/aromatic N) is 3. The number of anilines is 1. The molecule has 0 unspecified atom stereocenters. The molecule has 1 aromatic heterocycles. The average Bonchev–Trinajstić information content (AvgIpc) is 2.65.